The molecular weight excluding hydrogens is 470 g/mol. The number of fused-ring (bicyclic) bond motifs is 1. The van der Waals surface area contributed by atoms with Crippen molar-refractivity contribution in [1.29, 1.82) is 0 Å². The van der Waals surface area contributed by atoms with E-state index in [-0.39, 0.29) is 23.7 Å². The molecule has 1 aromatic heterocycles. The lowest BCUT2D eigenvalue weighted by atomic mass is 9.90. The quantitative estimate of drug-likeness (QED) is 0.541. The highest BCUT2D eigenvalue weighted by Crippen LogP contribution is 2.31. The molecule has 1 saturated carbocycles. The number of amides is 1. The molecule has 0 aliphatic heterocycles. The molecule has 1 aliphatic carbocycles. The number of alkyl halides is 4. The molecule has 1 heterocycles. The van der Waals surface area contributed by atoms with Crippen molar-refractivity contribution in [1.82, 2.24) is 15.6 Å². The maximum Gasteiger partial charge on any atom is 0.387 e. The highest BCUT2D eigenvalue weighted by atomic mass is 79.9. The van der Waals surface area contributed by atoms with Gasteiger partial charge in [-0.3, -0.25) is 9.78 Å². The molecule has 164 valence electrons. The molecular formula is C20H22BrF4N3O2. The fourth-order valence-corrected chi connectivity index (χ4v) is 4.01. The molecule has 1 aliphatic rings. The highest BCUT2D eigenvalue weighted by molar-refractivity contribution is 9.10. The topological polar surface area (TPSA) is 63.2 Å². The second kappa shape index (κ2) is 9.91. The molecule has 5 nitrogen and oxygen atoms in total. The minimum atomic E-state index is -2.95. The number of nitrogens with zero attached hydrogens (tertiary/aromatic N) is 1. The molecule has 1 unspecified atom stereocenters. The first-order chi connectivity index (χ1) is 14.2. The van der Waals surface area contributed by atoms with Gasteiger partial charge in [0.25, 0.3) is 12.3 Å². The number of carbonyl (C=O) groups is 1. The molecule has 0 radical (unpaired) electrons. The van der Waals surface area contributed by atoms with Crippen molar-refractivity contribution in [2.75, 3.05) is 0 Å². The van der Waals surface area contributed by atoms with Crippen LogP contribution in [0.3, 0.4) is 0 Å². The monoisotopic (exact) mass is 491 g/mol. The van der Waals surface area contributed by atoms with Crippen LogP contribution in [0.2, 0.25) is 0 Å². The number of halogens is 5. The highest BCUT2D eigenvalue weighted by Gasteiger charge is 2.26. The Bertz CT molecular complexity index is 892. The van der Waals surface area contributed by atoms with Gasteiger partial charge < -0.3 is 15.4 Å². The number of aromatic nitrogens is 1. The van der Waals surface area contributed by atoms with Gasteiger partial charge in [-0.15, -0.1) is 0 Å². The van der Waals surface area contributed by atoms with E-state index in [9.17, 15) is 22.4 Å². The SMILES string of the molecule is CC(N[C@H]1CC[C@H](NC(=O)c2cnc3cc(OC(F)F)c(Br)cc3c2)CC1)C(F)F. The van der Waals surface area contributed by atoms with Gasteiger partial charge in [0.1, 0.15) is 5.75 Å². The van der Waals surface area contributed by atoms with Gasteiger partial charge in [-0.1, -0.05) is 0 Å². The van der Waals surface area contributed by atoms with Crippen molar-refractivity contribution in [3.63, 3.8) is 0 Å². The van der Waals surface area contributed by atoms with Gasteiger partial charge in [0.2, 0.25) is 0 Å². The van der Waals surface area contributed by atoms with Crippen molar-refractivity contribution in [2.24, 2.45) is 0 Å². The molecule has 2 N–H and O–H groups in total. The number of ether oxygens (including phenoxy) is 1. The van der Waals surface area contributed by atoms with E-state index in [1.807, 2.05) is 0 Å². The minimum Gasteiger partial charge on any atom is -0.434 e. The zero-order valence-electron chi connectivity index (χ0n) is 16.2. The van der Waals surface area contributed by atoms with Gasteiger partial charge in [0, 0.05) is 29.7 Å². The molecule has 30 heavy (non-hydrogen) atoms. The van der Waals surface area contributed by atoms with Gasteiger partial charge in [0.05, 0.1) is 21.6 Å². The molecule has 10 heteroatoms. The summed E-state index contributed by atoms with van der Waals surface area (Å²) in [6, 6.07) is 3.70. The Balaban J connectivity index is 1.60. The lowest BCUT2D eigenvalue weighted by Gasteiger charge is -2.31. The Morgan fingerprint density at radius 3 is 2.43 bits per heavy atom. The number of carbonyl (C=O) groups excluding carboxylic acids is 1. The number of pyridine rings is 1. The van der Waals surface area contributed by atoms with Gasteiger partial charge in [0.15, 0.2) is 0 Å². The first-order valence-electron chi connectivity index (χ1n) is 9.62. The van der Waals surface area contributed by atoms with Crippen LogP contribution in [-0.2, 0) is 0 Å². The van der Waals surface area contributed by atoms with Crippen LogP contribution >= 0.6 is 15.9 Å². The Labute approximate surface area is 179 Å². The summed E-state index contributed by atoms with van der Waals surface area (Å²) in [4.78, 5) is 16.8. The fourth-order valence-electron chi connectivity index (χ4n) is 3.56. The van der Waals surface area contributed by atoms with Crippen LogP contribution in [0.4, 0.5) is 17.6 Å². The predicted molar refractivity (Wildman–Crippen MR) is 108 cm³/mol. The first-order valence-corrected chi connectivity index (χ1v) is 10.4. The third-order valence-electron chi connectivity index (χ3n) is 5.15. The Kier molecular flexibility index (Phi) is 7.51. The lowest BCUT2D eigenvalue weighted by molar-refractivity contribution is -0.0502. The standard InChI is InChI=1S/C20H22BrF4N3O2/c1-10(18(22)23)27-13-2-4-14(5-3-13)28-19(29)12-6-11-7-15(21)17(30-20(24)25)8-16(11)26-9-12/h6-10,13-14,18,20,27H,2-5H2,1H3,(H,28,29)/t10?,13-,14-. The Morgan fingerprint density at radius 2 is 1.80 bits per heavy atom. The van der Waals surface area contributed by atoms with Gasteiger partial charge in [-0.2, -0.15) is 8.78 Å². The maximum absolute atomic E-state index is 12.7. The van der Waals surface area contributed by atoms with Crippen LogP contribution in [0.25, 0.3) is 10.9 Å². The van der Waals surface area contributed by atoms with Gasteiger partial charge in [-0.25, -0.2) is 8.78 Å². The molecule has 2 aromatic rings. The molecule has 1 amide bonds. The van der Waals surface area contributed by atoms with Crippen LogP contribution < -0.4 is 15.4 Å². The predicted octanol–water partition coefficient (Wildman–Crippen LogP) is 4.88. The Hall–Kier alpha value is -1.94. The van der Waals surface area contributed by atoms with E-state index in [0.717, 1.165) is 0 Å². The zero-order chi connectivity index (χ0) is 21.8. The van der Waals surface area contributed by atoms with E-state index in [1.54, 1.807) is 12.1 Å². The lowest BCUT2D eigenvalue weighted by Crippen LogP contribution is -2.46. The van der Waals surface area contributed by atoms with E-state index in [1.165, 1.54) is 19.2 Å². The molecule has 0 saturated heterocycles. The number of benzene rings is 1. The van der Waals surface area contributed by atoms with Crippen molar-refractivity contribution >= 4 is 32.7 Å². The van der Waals surface area contributed by atoms with Gasteiger partial charge in [-0.05, 0) is 60.7 Å². The van der Waals surface area contributed by atoms with Crippen LogP contribution in [0, 0.1) is 0 Å². The largest absolute Gasteiger partial charge is 0.434 e. The molecule has 1 aromatic carbocycles. The maximum atomic E-state index is 12.7. The summed E-state index contributed by atoms with van der Waals surface area (Å²) in [7, 11) is 0. The minimum absolute atomic E-state index is 0.0199. The van der Waals surface area contributed by atoms with Crippen molar-refractivity contribution in [3.05, 3.63) is 34.4 Å². The Morgan fingerprint density at radius 1 is 1.13 bits per heavy atom. The fraction of sp³-hybridized carbons (Fsp3) is 0.500. The summed E-state index contributed by atoms with van der Waals surface area (Å²) in [5.41, 5.74) is 0.772. The second-order valence-corrected chi connectivity index (χ2v) is 8.24. The molecule has 1 atom stereocenters. The zero-order valence-corrected chi connectivity index (χ0v) is 17.8. The smallest absolute Gasteiger partial charge is 0.387 e. The number of hydrogen-bond acceptors (Lipinski definition) is 4. The van der Waals surface area contributed by atoms with Gasteiger partial charge >= 0.3 is 6.61 Å². The van der Waals surface area contributed by atoms with Crippen molar-refractivity contribution in [3.8, 4) is 5.75 Å². The third kappa shape index (κ3) is 5.81. The summed E-state index contributed by atoms with van der Waals surface area (Å²) in [5, 5.41) is 6.49. The normalized spacial score (nSPS) is 20.5. The average molecular weight is 492 g/mol. The summed E-state index contributed by atoms with van der Waals surface area (Å²) in [5.74, 6) is -0.320. The summed E-state index contributed by atoms with van der Waals surface area (Å²) < 4.78 is 55.0. The summed E-state index contributed by atoms with van der Waals surface area (Å²) >= 11 is 3.18. The van der Waals surface area contributed by atoms with Crippen LogP contribution in [-0.4, -0.2) is 42.1 Å². The van der Waals surface area contributed by atoms with E-state index < -0.39 is 19.1 Å². The molecule has 0 bridgehead atoms. The molecule has 0 spiro atoms. The number of nitrogens with one attached hydrogen (secondary N) is 2. The average Bonchev–Trinajstić information content (AvgIpc) is 2.69. The van der Waals surface area contributed by atoms with E-state index in [2.05, 4.69) is 36.3 Å². The number of rotatable bonds is 7. The summed E-state index contributed by atoms with van der Waals surface area (Å²) in [6.45, 7) is -1.49. The van der Waals surface area contributed by atoms with E-state index in [4.69, 9.17) is 0 Å². The summed E-state index contributed by atoms with van der Waals surface area (Å²) in [6.07, 6.45) is 1.78. The van der Waals surface area contributed by atoms with Crippen molar-refractivity contribution < 1.29 is 27.1 Å². The van der Waals surface area contributed by atoms with E-state index >= 15 is 0 Å². The first kappa shape index (κ1) is 22.7. The molecule has 3 rings (SSSR count). The third-order valence-corrected chi connectivity index (χ3v) is 5.77. The van der Waals surface area contributed by atoms with Crippen LogP contribution in [0.5, 0.6) is 5.75 Å². The van der Waals surface area contributed by atoms with E-state index in [0.29, 0.717) is 46.6 Å². The van der Waals surface area contributed by atoms with Crippen molar-refractivity contribution in [2.45, 2.75) is 63.8 Å². The van der Waals surface area contributed by atoms with Crippen LogP contribution in [0.15, 0.2) is 28.9 Å². The second-order valence-electron chi connectivity index (χ2n) is 7.39. The molecule has 1 fully saturated rings. The number of hydrogen-bond donors (Lipinski definition) is 2. The van der Waals surface area contributed by atoms with Crippen LogP contribution in [0.1, 0.15) is 43.0 Å².